The molecule has 0 spiro atoms. The van der Waals surface area contributed by atoms with E-state index in [0.29, 0.717) is 6.54 Å². The van der Waals surface area contributed by atoms with E-state index in [0.717, 1.165) is 22.5 Å². The molecule has 0 aliphatic carbocycles. The lowest BCUT2D eigenvalue weighted by molar-refractivity contribution is 0.0373. The maximum Gasteiger partial charge on any atom is 0.259 e. The molecule has 2 aromatic heterocycles. The first-order valence-corrected chi connectivity index (χ1v) is 14.3. The van der Waals surface area contributed by atoms with Gasteiger partial charge in [-0.05, 0) is 35.6 Å². The van der Waals surface area contributed by atoms with Gasteiger partial charge in [-0.3, -0.25) is 4.79 Å². The molecule has 1 amide bonds. The van der Waals surface area contributed by atoms with Crippen LogP contribution in [0, 0.1) is 5.92 Å². The Kier molecular flexibility index (Phi) is 8.43. The van der Waals surface area contributed by atoms with Gasteiger partial charge in [0.2, 0.25) is 5.88 Å². The molecule has 0 saturated heterocycles. The lowest BCUT2D eigenvalue weighted by atomic mass is 10.00. The average Bonchev–Trinajstić information content (AvgIpc) is 3.46. The fourth-order valence-corrected chi connectivity index (χ4v) is 6.48. The van der Waals surface area contributed by atoms with Gasteiger partial charge < -0.3 is 14.7 Å². The van der Waals surface area contributed by atoms with Crippen LogP contribution in [-0.4, -0.2) is 72.5 Å². The van der Waals surface area contributed by atoms with Crippen molar-refractivity contribution in [1.82, 2.24) is 14.2 Å². The van der Waals surface area contributed by atoms with Crippen molar-refractivity contribution < 1.29 is 23.1 Å². The number of carbonyl (C=O) groups is 1. The van der Waals surface area contributed by atoms with Crippen LogP contribution in [0.1, 0.15) is 35.3 Å². The van der Waals surface area contributed by atoms with Crippen molar-refractivity contribution in [2.45, 2.75) is 30.2 Å². The molecule has 0 fully saturated rings. The van der Waals surface area contributed by atoms with Crippen LogP contribution in [0.2, 0.25) is 0 Å². The first-order valence-electron chi connectivity index (χ1n) is 12.0. The van der Waals surface area contributed by atoms with Crippen LogP contribution < -0.4 is 4.74 Å². The van der Waals surface area contributed by atoms with Crippen LogP contribution in [0.25, 0.3) is 12.2 Å². The standard InChI is InChI=1S/C27H31N3O5S2/c1-19-16-30(20(2)18-31)27(32)23-14-22(12-11-21-8-5-4-6-9-21)15-28-26(23)35-24(19)17-29(3)37(33,34)25-10-7-13-36-25/h4-15,19-20,24,31H,16-18H2,1-3H3/b12-11+/t19-,20-,24-/m0/s1. The van der Waals surface area contributed by atoms with Crippen LogP contribution >= 0.6 is 11.3 Å². The minimum absolute atomic E-state index is 0.0771. The molecule has 196 valence electrons. The highest BCUT2D eigenvalue weighted by molar-refractivity contribution is 7.91. The van der Waals surface area contributed by atoms with Gasteiger partial charge in [0.25, 0.3) is 15.9 Å². The van der Waals surface area contributed by atoms with Crippen molar-refractivity contribution in [1.29, 1.82) is 0 Å². The number of sulfonamides is 1. The number of aliphatic hydroxyl groups is 1. The number of aliphatic hydroxyl groups excluding tert-OH is 1. The number of nitrogens with zero attached hydrogens (tertiary/aromatic N) is 3. The van der Waals surface area contributed by atoms with Gasteiger partial charge in [-0.2, -0.15) is 4.31 Å². The molecule has 1 aromatic carbocycles. The molecule has 0 saturated carbocycles. The molecule has 37 heavy (non-hydrogen) atoms. The van der Waals surface area contributed by atoms with Crippen molar-refractivity contribution in [2.24, 2.45) is 5.92 Å². The highest BCUT2D eigenvalue weighted by Crippen LogP contribution is 2.29. The number of aromatic nitrogens is 1. The Labute approximate surface area is 221 Å². The largest absolute Gasteiger partial charge is 0.472 e. The summed E-state index contributed by atoms with van der Waals surface area (Å²) in [6, 6.07) is 14.3. The van der Waals surface area contributed by atoms with E-state index in [1.807, 2.05) is 49.4 Å². The predicted octanol–water partition coefficient (Wildman–Crippen LogP) is 3.85. The van der Waals surface area contributed by atoms with Crippen molar-refractivity contribution in [3.63, 3.8) is 0 Å². The van der Waals surface area contributed by atoms with Crippen molar-refractivity contribution in [3.05, 3.63) is 76.8 Å². The zero-order valence-electron chi connectivity index (χ0n) is 21.0. The van der Waals surface area contributed by atoms with Crippen LogP contribution in [0.15, 0.2) is 64.3 Å². The Balaban J connectivity index is 1.67. The van der Waals surface area contributed by atoms with E-state index >= 15 is 0 Å². The van der Waals surface area contributed by atoms with Crippen molar-refractivity contribution in [2.75, 3.05) is 26.7 Å². The highest BCUT2D eigenvalue weighted by atomic mass is 32.2. The predicted molar refractivity (Wildman–Crippen MR) is 145 cm³/mol. The van der Waals surface area contributed by atoms with E-state index < -0.39 is 22.2 Å². The van der Waals surface area contributed by atoms with Gasteiger partial charge in [-0.25, -0.2) is 13.4 Å². The van der Waals surface area contributed by atoms with Gasteiger partial charge in [-0.15, -0.1) is 11.3 Å². The number of amides is 1. The zero-order chi connectivity index (χ0) is 26.6. The third-order valence-electron chi connectivity index (χ3n) is 6.41. The maximum absolute atomic E-state index is 13.6. The van der Waals surface area contributed by atoms with E-state index in [4.69, 9.17) is 4.74 Å². The number of benzene rings is 1. The fourth-order valence-electron chi connectivity index (χ4n) is 4.10. The Morgan fingerprint density at radius 2 is 1.95 bits per heavy atom. The molecule has 0 unspecified atom stereocenters. The number of pyridine rings is 1. The summed E-state index contributed by atoms with van der Waals surface area (Å²) in [5.74, 6) is -0.370. The number of ether oxygens (including phenoxy) is 1. The molecule has 4 rings (SSSR count). The third kappa shape index (κ3) is 6.10. The number of hydrogen-bond acceptors (Lipinski definition) is 7. The first-order chi connectivity index (χ1) is 17.7. The number of thiophene rings is 1. The number of carbonyl (C=O) groups excluding carboxylic acids is 1. The zero-order valence-corrected chi connectivity index (χ0v) is 22.7. The normalized spacial score (nSPS) is 19.4. The van der Waals surface area contributed by atoms with Crippen LogP contribution in [0.3, 0.4) is 0 Å². The smallest absolute Gasteiger partial charge is 0.259 e. The minimum atomic E-state index is -3.68. The lowest BCUT2D eigenvalue weighted by Crippen LogP contribution is -2.50. The monoisotopic (exact) mass is 541 g/mol. The Hall–Kier alpha value is -3.05. The van der Waals surface area contributed by atoms with Crippen LogP contribution in [0.5, 0.6) is 5.88 Å². The van der Waals surface area contributed by atoms with Gasteiger partial charge >= 0.3 is 0 Å². The minimum Gasteiger partial charge on any atom is -0.472 e. The van der Waals surface area contributed by atoms with Gasteiger partial charge in [0.1, 0.15) is 15.9 Å². The average molecular weight is 542 g/mol. The van der Waals surface area contributed by atoms with Crippen LogP contribution in [0.4, 0.5) is 0 Å². The van der Waals surface area contributed by atoms with Gasteiger partial charge in [0, 0.05) is 25.7 Å². The van der Waals surface area contributed by atoms with Crippen LogP contribution in [-0.2, 0) is 10.0 Å². The molecule has 3 heterocycles. The van der Waals surface area contributed by atoms with Crippen molar-refractivity contribution in [3.8, 4) is 5.88 Å². The molecular formula is C27H31N3O5S2. The molecule has 3 aromatic rings. The van der Waals surface area contributed by atoms with Gasteiger partial charge in [0.15, 0.2) is 0 Å². The molecule has 1 aliphatic heterocycles. The molecule has 1 N–H and O–H groups in total. The summed E-state index contributed by atoms with van der Waals surface area (Å²) in [4.78, 5) is 19.6. The van der Waals surface area contributed by atoms with E-state index in [2.05, 4.69) is 4.98 Å². The summed E-state index contributed by atoms with van der Waals surface area (Å²) >= 11 is 1.16. The lowest BCUT2D eigenvalue weighted by Gasteiger charge is -2.37. The molecule has 3 atom stereocenters. The summed E-state index contributed by atoms with van der Waals surface area (Å²) in [6.45, 7) is 3.85. The van der Waals surface area contributed by atoms with Crippen molar-refractivity contribution >= 4 is 39.4 Å². The topological polar surface area (TPSA) is 100 Å². The Morgan fingerprint density at radius 1 is 1.22 bits per heavy atom. The second kappa shape index (κ2) is 11.6. The van der Waals surface area contributed by atoms with E-state index in [1.165, 1.54) is 11.4 Å². The number of hydrogen-bond donors (Lipinski definition) is 1. The molecule has 10 heteroatoms. The summed E-state index contributed by atoms with van der Waals surface area (Å²) in [7, 11) is -2.16. The highest BCUT2D eigenvalue weighted by Gasteiger charge is 2.36. The summed E-state index contributed by atoms with van der Waals surface area (Å²) < 4.78 is 33.8. The Morgan fingerprint density at radius 3 is 2.62 bits per heavy atom. The van der Waals surface area contributed by atoms with E-state index in [-0.39, 0.29) is 40.6 Å². The van der Waals surface area contributed by atoms with E-state index in [1.54, 1.807) is 41.6 Å². The number of fused-ring (bicyclic) bond motifs is 1. The number of likely N-dealkylation sites (N-methyl/N-ethyl adjacent to an activating group) is 1. The van der Waals surface area contributed by atoms with E-state index in [9.17, 15) is 18.3 Å². The second-order valence-electron chi connectivity index (χ2n) is 9.21. The molecule has 0 bridgehead atoms. The molecular weight excluding hydrogens is 510 g/mol. The molecule has 1 aliphatic rings. The quantitative estimate of drug-likeness (QED) is 0.465. The maximum atomic E-state index is 13.6. The van der Waals surface area contributed by atoms with Gasteiger partial charge in [0.05, 0.1) is 19.2 Å². The fraction of sp³-hybridized carbons (Fsp3) is 0.333. The number of rotatable bonds is 8. The summed E-state index contributed by atoms with van der Waals surface area (Å²) in [5, 5.41) is 11.6. The molecule has 0 radical (unpaired) electrons. The summed E-state index contributed by atoms with van der Waals surface area (Å²) in [5.41, 5.74) is 2.01. The summed E-state index contributed by atoms with van der Waals surface area (Å²) in [6.07, 6.45) is 4.86. The molecule has 8 nitrogen and oxygen atoms in total. The van der Waals surface area contributed by atoms with Gasteiger partial charge in [-0.1, -0.05) is 55.5 Å². The Bertz CT molecular complexity index is 1340. The SMILES string of the molecule is C[C@H]1CN([C@@H](C)CO)C(=O)c2cc(/C=C/c3ccccc3)cnc2O[C@H]1CN(C)S(=O)(=O)c1cccs1. The first kappa shape index (κ1) is 27.0. The third-order valence-corrected chi connectivity index (χ3v) is 9.60. The second-order valence-corrected chi connectivity index (χ2v) is 12.4.